The summed E-state index contributed by atoms with van der Waals surface area (Å²) in [6.07, 6.45) is 7.31. The number of ether oxygens (including phenoxy) is 1. The highest BCUT2D eigenvalue weighted by molar-refractivity contribution is 5.61. The number of rotatable bonds is 8. The second kappa shape index (κ2) is 7.17. The lowest BCUT2D eigenvalue weighted by molar-refractivity contribution is -0.385. The predicted molar refractivity (Wildman–Crippen MR) is 75.2 cm³/mol. The van der Waals surface area contributed by atoms with Gasteiger partial charge in [-0.15, -0.1) is 0 Å². The molecule has 9 nitrogen and oxygen atoms in total. The molecule has 2 rings (SSSR count). The maximum Gasteiger partial charge on any atom is 0.372 e. The Labute approximate surface area is 121 Å². The lowest BCUT2D eigenvalue weighted by atomic mass is 10.4. The van der Waals surface area contributed by atoms with Crippen molar-refractivity contribution in [2.75, 3.05) is 18.5 Å². The summed E-state index contributed by atoms with van der Waals surface area (Å²) in [5.74, 6) is 0.152. The third-order valence-electron chi connectivity index (χ3n) is 2.70. The van der Waals surface area contributed by atoms with Crippen molar-refractivity contribution in [3.63, 3.8) is 0 Å². The second-order valence-electron chi connectivity index (χ2n) is 4.15. The minimum absolute atomic E-state index is 0.0189. The molecule has 0 fully saturated rings. The van der Waals surface area contributed by atoms with Gasteiger partial charge in [0.15, 0.2) is 0 Å². The molecule has 0 saturated carbocycles. The number of hydrogen-bond acceptors (Lipinski definition) is 7. The molecule has 2 aromatic heterocycles. The topological polar surface area (TPSA) is 108 Å². The average Bonchev–Trinajstić information content (AvgIpc) is 2.97. The van der Waals surface area contributed by atoms with E-state index < -0.39 is 4.92 Å². The van der Waals surface area contributed by atoms with Gasteiger partial charge in [-0.2, -0.15) is 4.98 Å². The first-order valence-electron chi connectivity index (χ1n) is 6.54. The van der Waals surface area contributed by atoms with Gasteiger partial charge in [-0.3, -0.25) is 10.1 Å². The van der Waals surface area contributed by atoms with Crippen LogP contribution >= 0.6 is 0 Å². The maximum absolute atomic E-state index is 11.1. The van der Waals surface area contributed by atoms with Crippen LogP contribution in [0.5, 0.6) is 5.88 Å². The Morgan fingerprint density at radius 1 is 1.48 bits per heavy atom. The molecule has 0 radical (unpaired) electrons. The fraction of sp³-hybridized carbons (Fsp3) is 0.417. The van der Waals surface area contributed by atoms with Gasteiger partial charge in [0, 0.05) is 25.5 Å². The summed E-state index contributed by atoms with van der Waals surface area (Å²) < 4.78 is 7.09. The van der Waals surface area contributed by atoms with Crippen LogP contribution in [0.1, 0.15) is 13.3 Å². The minimum Gasteiger partial charge on any atom is -0.473 e. The summed E-state index contributed by atoms with van der Waals surface area (Å²) in [4.78, 5) is 22.2. The third kappa shape index (κ3) is 3.88. The van der Waals surface area contributed by atoms with Crippen LogP contribution in [0.4, 0.5) is 11.5 Å². The Balaban J connectivity index is 1.98. The highest BCUT2D eigenvalue weighted by Crippen LogP contribution is 2.30. The van der Waals surface area contributed by atoms with Crippen molar-refractivity contribution >= 4 is 11.5 Å². The van der Waals surface area contributed by atoms with E-state index in [0.29, 0.717) is 13.2 Å². The number of imidazole rings is 1. The molecule has 0 unspecified atom stereocenters. The van der Waals surface area contributed by atoms with Gasteiger partial charge in [0.1, 0.15) is 6.33 Å². The van der Waals surface area contributed by atoms with E-state index in [9.17, 15) is 10.1 Å². The predicted octanol–water partition coefficient (Wildman–Crippen LogP) is 1.48. The van der Waals surface area contributed by atoms with Crippen molar-refractivity contribution in [1.29, 1.82) is 0 Å². The van der Waals surface area contributed by atoms with Gasteiger partial charge < -0.3 is 14.6 Å². The summed E-state index contributed by atoms with van der Waals surface area (Å²) in [7, 11) is 0. The molecule has 0 aliphatic heterocycles. The van der Waals surface area contributed by atoms with E-state index in [1.54, 1.807) is 19.4 Å². The van der Waals surface area contributed by atoms with Crippen LogP contribution in [0.3, 0.4) is 0 Å². The Morgan fingerprint density at radius 2 is 2.33 bits per heavy atom. The van der Waals surface area contributed by atoms with Gasteiger partial charge in [0.25, 0.3) is 5.88 Å². The van der Waals surface area contributed by atoms with Gasteiger partial charge in [0.05, 0.1) is 17.9 Å². The number of anilines is 1. The van der Waals surface area contributed by atoms with Crippen molar-refractivity contribution in [3.05, 3.63) is 35.2 Å². The molecule has 0 amide bonds. The van der Waals surface area contributed by atoms with Crippen LogP contribution in [-0.4, -0.2) is 37.6 Å². The summed E-state index contributed by atoms with van der Waals surface area (Å²) in [5.41, 5.74) is -0.234. The monoisotopic (exact) mass is 292 g/mol. The summed E-state index contributed by atoms with van der Waals surface area (Å²) in [5, 5.41) is 14.1. The van der Waals surface area contributed by atoms with Crippen molar-refractivity contribution in [2.24, 2.45) is 0 Å². The maximum atomic E-state index is 11.1. The molecule has 0 aromatic carbocycles. The normalized spacial score (nSPS) is 10.3. The first kappa shape index (κ1) is 14.7. The fourth-order valence-electron chi connectivity index (χ4n) is 1.79. The molecule has 112 valence electrons. The zero-order chi connectivity index (χ0) is 15.1. The quantitative estimate of drug-likeness (QED) is 0.446. The standard InChI is InChI=1S/C12H16N6O3/c1-2-21-12-10(18(19)20)11(15-8-16-12)14-4-3-6-17-7-5-13-9-17/h5,7-9H,2-4,6H2,1H3,(H,14,15,16). The van der Waals surface area contributed by atoms with E-state index in [1.807, 2.05) is 10.8 Å². The Morgan fingerprint density at radius 3 is 3.00 bits per heavy atom. The number of nitro groups is 1. The molecule has 2 heterocycles. The van der Waals surface area contributed by atoms with Gasteiger partial charge in [-0.25, -0.2) is 9.97 Å². The summed E-state index contributed by atoms with van der Waals surface area (Å²) >= 11 is 0. The Hall–Kier alpha value is -2.71. The molecular weight excluding hydrogens is 276 g/mol. The van der Waals surface area contributed by atoms with E-state index in [-0.39, 0.29) is 17.4 Å². The van der Waals surface area contributed by atoms with Crippen LogP contribution in [0.15, 0.2) is 25.0 Å². The van der Waals surface area contributed by atoms with Crippen LogP contribution in [-0.2, 0) is 6.54 Å². The van der Waals surface area contributed by atoms with Gasteiger partial charge in [-0.1, -0.05) is 0 Å². The van der Waals surface area contributed by atoms with Gasteiger partial charge in [-0.05, 0) is 13.3 Å². The minimum atomic E-state index is -0.538. The molecule has 9 heteroatoms. The smallest absolute Gasteiger partial charge is 0.372 e. The number of nitrogens with zero attached hydrogens (tertiary/aromatic N) is 5. The fourth-order valence-corrected chi connectivity index (χ4v) is 1.79. The van der Waals surface area contributed by atoms with Crippen molar-refractivity contribution in [1.82, 2.24) is 19.5 Å². The first-order chi connectivity index (χ1) is 10.2. The highest BCUT2D eigenvalue weighted by atomic mass is 16.6. The largest absolute Gasteiger partial charge is 0.473 e. The molecule has 0 saturated heterocycles. The summed E-state index contributed by atoms with van der Waals surface area (Å²) in [6.45, 7) is 3.35. The van der Waals surface area contributed by atoms with Crippen LogP contribution in [0.25, 0.3) is 0 Å². The molecule has 0 aliphatic rings. The van der Waals surface area contributed by atoms with E-state index in [1.165, 1.54) is 6.33 Å². The third-order valence-corrected chi connectivity index (χ3v) is 2.70. The molecular formula is C12H16N6O3. The first-order valence-corrected chi connectivity index (χ1v) is 6.54. The van der Waals surface area contributed by atoms with E-state index in [2.05, 4.69) is 20.3 Å². The number of nitrogens with one attached hydrogen (secondary N) is 1. The summed E-state index contributed by atoms with van der Waals surface area (Å²) in [6, 6.07) is 0. The van der Waals surface area contributed by atoms with E-state index >= 15 is 0 Å². The Bertz CT molecular complexity index is 587. The average molecular weight is 292 g/mol. The molecule has 2 aromatic rings. The van der Waals surface area contributed by atoms with Crippen molar-refractivity contribution < 1.29 is 9.66 Å². The van der Waals surface area contributed by atoms with Crippen LogP contribution in [0, 0.1) is 10.1 Å². The lowest BCUT2D eigenvalue weighted by Crippen LogP contribution is -2.10. The number of aryl methyl sites for hydroxylation is 1. The van der Waals surface area contributed by atoms with Gasteiger partial charge >= 0.3 is 5.69 Å². The van der Waals surface area contributed by atoms with Crippen LogP contribution in [0.2, 0.25) is 0 Å². The Kier molecular flexibility index (Phi) is 5.02. The van der Waals surface area contributed by atoms with E-state index in [4.69, 9.17) is 4.74 Å². The van der Waals surface area contributed by atoms with Crippen LogP contribution < -0.4 is 10.1 Å². The van der Waals surface area contributed by atoms with Gasteiger partial charge in [0.2, 0.25) is 5.82 Å². The molecule has 0 aliphatic carbocycles. The molecule has 0 spiro atoms. The molecule has 0 atom stereocenters. The van der Waals surface area contributed by atoms with Crippen molar-refractivity contribution in [2.45, 2.75) is 19.9 Å². The van der Waals surface area contributed by atoms with E-state index in [0.717, 1.165) is 13.0 Å². The molecule has 0 bridgehead atoms. The lowest BCUT2D eigenvalue weighted by Gasteiger charge is -2.08. The molecule has 1 N–H and O–H groups in total. The zero-order valence-corrected chi connectivity index (χ0v) is 11.6. The SMILES string of the molecule is CCOc1ncnc(NCCCn2ccnc2)c1[N+](=O)[O-]. The molecule has 21 heavy (non-hydrogen) atoms. The van der Waals surface area contributed by atoms with Crippen molar-refractivity contribution in [3.8, 4) is 5.88 Å². The zero-order valence-electron chi connectivity index (χ0n) is 11.6. The number of aromatic nitrogens is 4. The second-order valence-corrected chi connectivity index (χ2v) is 4.15. The highest BCUT2D eigenvalue weighted by Gasteiger charge is 2.23. The number of hydrogen-bond donors (Lipinski definition) is 1.